The van der Waals surface area contributed by atoms with Crippen LogP contribution in [0.25, 0.3) is 10.9 Å². The van der Waals surface area contributed by atoms with E-state index in [-0.39, 0.29) is 17.5 Å². The molecule has 3 rings (SSSR count). The van der Waals surface area contributed by atoms with Crippen LogP contribution in [0.3, 0.4) is 0 Å². The number of hydrogen-bond acceptors (Lipinski definition) is 3. The number of amides is 2. The first-order valence-electron chi connectivity index (χ1n) is 7.63. The molecule has 1 saturated heterocycles. The summed E-state index contributed by atoms with van der Waals surface area (Å²) in [7, 11) is 0. The summed E-state index contributed by atoms with van der Waals surface area (Å²) in [6.07, 6.45) is 2.11. The fourth-order valence-electron chi connectivity index (χ4n) is 2.91. The predicted octanol–water partition coefficient (Wildman–Crippen LogP) is 2.11. The molecule has 1 aliphatic heterocycles. The van der Waals surface area contributed by atoms with E-state index >= 15 is 0 Å². The fourth-order valence-corrected chi connectivity index (χ4v) is 2.91. The SMILES string of the molecule is CC(C)N1CCC(NC(=O)c2cc(F)cc3cccnc23)C1=O. The first-order valence-corrected chi connectivity index (χ1v) is 7.63. The monoisotopic (exact) mass is 315 g/mol. The number of pyridine rings is 1. The summed E-state index contributed by atoms with van der Waals surface area (Å²) in [5.74, 6) is -1.07. The molecule has 1 fully saturated rings. The number of aromatic nitrogens is 1. The normalized spacial score (nSPS) is 18.0. The summed E-state index contributed by atoms with van der Waals surface area (Å²) in [5.41, 5.74) is 0.578. The van der Waals surface area contributed by atoms with Crippen LogP contribution in [0.1, 0.15) is 30.6 Å². The molecule has 0 aliphatic carbocycles. The molecule has 0 radical (unpaired) electrons. The van der Waals surface area contributed by atoms with E-state index in [1.54, 1.807) is 23.2 Å². The number of likely N-dealkylation sites (tertiary alicyclic amines) is 1. The highest BCUT2D eigenvalue weighted by Gasteiger charge is 2.34. The lowest BCUT2D eigenvalue weighted by atomic mass is 10.1. The van der Waals surface area contributed by atoms with Crippen molar-refractivity contribution in [3.8, 4) is 0 Å². The Morgan fingerprint density at radius 1 is 1.43 bits per heavy atom. The van der Waals surface area contributed by atoms with Gasteiger partial charge in [-0.2, -0.15) is 0 Å². The van der Waals surface area contributed by atoms with E-state index in [1.807, 2.05) is 13.8 Å². The molecule has 6 heteroatoms. The number of carbonyl (C=O) groups is 2. The number of fused-ring (bicyclic) bond motifs is 1. The standard InChI is InChI=1S/C17H18FN3O2/c1-10(2)21-7-5-14(17(21)23)20-16(22)13-9-12(18)8-11-4-3-6-19-15(11)13/h3-4,6,8-10,14H,5,7H2,1-2H3,(H,20,22). The highest BCUT2D eigenvalue weighted by Crippen LogP contribution is 2.20. The third-order valence-electron chi connectivity index (χ3n) is 4.08. The smallest absolute Gasteiger partial charge is 0.254 e. The zero-order valence-electron chi connectivity index (χ0n) is 13.0. The molecule has 1 unspecified atom stereocenters. The van der Waals surface area contributed by atoms with E-state index in [4.69, 9.17) is 0 Å². The average Bonchev–Trinajstić information content (AvgIpc) is 2.87. The zero-order valence-corrected chi connectivity index (χ0v) is 13.0. The van der Waals surface area contributed by atoms with Crippen molar-refractivity contribution in [1.82, 2.24) is 15.2 Å². The van der Waals surface area contributed by atoms with Crippen LogP contribution >= 0.6 is 0 Å². The van der Waals surface area contributed by atoms with E-state index < -0.39 is 17.8 Å². The zero-order chi connectivity index (χ0) is 16.6. The van der Waals surface area contributed by atoms with Gasteiger partial charge in [-0.25, -0.2) is 4.39 Å². The Balaban J connectivity index is 1.86. The Labute approximate surface area is 133 Å². The van der Waals surface area contributed by atoms with E-state index in [9.17, 15) is 14.0 Å². The Kier molecular flexibility index (Phi) is 3.98. The van der Waals surface area contributed by atoms with Crippen molar-refractivity contribution in [2.24, 2.45) is 0 Å². The summed E-state index contributed by atoms with van der Waals surface area (Å²) >= 11 is 0. The summed E-state index contributed by atoms with van der Waals surface area (Å²) in [5, 5.41) is 3.27. The molecule has 1 atom stereocenters. The van der Waals surface area contributed by atoms with Crippen molar-refractivity contribution in [3.63, 3.8) is 0 Å². The van der Waals surface area contributed by atoms with Gasteiger partial charge in [0.25, 0.3) is 5.91 Å². The molecular formula is C17H18FN3O2. The number of nitrogens with zero attached hydrogens (tertiary/aromatic N) is 2. The molecule has 0 bridgehead atoms. The van der Waals surface area contributed by atoms with E-state index in [2.05, 4.69) is 10.3 Å². The molecule has 1 aromatic carbocycles. The molecule has 2 aromatic rings. The van der Waals surface area contributed by atoms with Gasteiger partial charge in [-0.15, -0.1) is 0 Å². The molecule has 2 heterocycles. The fraction of sp³-hybridized carbons (Fsp3) is 0.353. The van der Waals surface area contributed by atoms with Gasteiger partial charge >= 0.3 is 0 Å². The van der Waals surface area contributed by atoms with Gasteiger partial charge in [-0.05, 0) is 38.5 Å². The van der Waals surface area contributed by atoms with Gasteiger partial charge in [-0.3, -0.25) is 14.6 Å². The van der Waals surface area contributed by atoms with Gasteiger partial charge in [0.2, 0.25) is 5.91 Å². The number of rotatable bonds is 3. The molecule has 120 valence electrons. The first-order chi connectivity index (χ1) is 11.0. The van der Waals surface area contributed by atoms with Crippen LogP contribution < -0.4 is 5.32 Å². The van der Waals surface area contributed by atoms with Crippen molar-refractivity contribution in [1.29, 1.82) is 0 Å². The highest BCUT2D eigenvalue weighted by molar-refractivity contribution is 6.06. The number of halogens is 1. The predicted molar refractivity (Wildman–Crippen MR) is 84.4 cm³/mol. The van der Waals surface area contributed by atoms with Crippen molar-refractivity contribution >= 4 is 22.7 Å². The minimum absolute atomic E-state index is 0.0954. The average molecular weight is 315 g/mol. The molecule has 0 saturated carbocycles. The Morgan fingerprint density at radius 2 is 2.22 bits per heavy atom. The Morgan fingerprint density at radius 3 is 2.91 bits per heavy atom. The van der Waals surface area contributed by atoms with Crippen LogP contribution in [-0.2, 0) is 4.79 Å². The summed E-state index contributed by atoms with van der Waals surface area (Å²) < 4.78 is 13.7. The number of benzene rings is 1. The topological polar surface area (TPSA) is 62.3 Å². The molecule has 2 amide bonds. The van der Waals surface area contributed by atoms with Crippen LogP contribution in [0.2, 0.25) is 0 Å². The van der Waals surface area contributed by atoms with Crippen molar-refractivity contribution in [3.05, 3.63) is 41.8 Å². The van der Waals surface area contributed by atoms with Crippen LogP contribution in [0.5, 0.6) is 0 Å². The third-order valence-corrected chi connectivity index (χ3v) is 4.08. The Hall–Kier alpha value is -2.50. The number of nitrogens with one attached hydrogen (secondary N) is 1. The lowest BCUT2D eigenvalue weighted by molar-refractivity contribution is -0.130. The van der Waals surface area contributed by atoms with Crippen LogP contribution in [0, 0.1) is 5.82 Å². The molecular weight excluding hydrogens is 297 g/mol. The first kappa shape index (κ1) is 15.4. The van der Waals surface area contributed by atoms with Crippen LogP contribution in [-0.4, -0.2) is 40.3 Å². The van der Waals surface area contributed by atoms with Gasteiger partial charge in [0.15, 0.2) is 0 Å². The molecule has 1 N–H and O–H groups in total. The molecule has 1 aromatic heterocycles. The number of hydrogen-bond donors (Lipinski definition) is 1. The second-order valence-electron chi connectivity index (χ2n) is 5.97. The minimum atomic E-state index is -0.563. The number of carbonyl (C=O) groups excluding carboxylic acids is 2. The second kappa shape index (κ2) is 5.95. The van der Waals surface area contributed by atoms with Crippen molar-refractivity contribution in [2.75, 3.05) is 6.54 Å². The van der Waals surface area contributed by atoms with E-state index in [0.717, 1.165) is 6.07 Å². The van der Waals surface area contributed by atoms with Gasteiger partial charge in [0.05, 0.1) is 11.1 Å². The summed E-state index contributed by atoms with van der Waals surface area (Å²) in [4.78, 5) is 30.7. The maximum Gasteiger partial charge on any atom is 0.254 e. The quantitative estimate of drug-likeness (QED) is 0.943. The molecule has 5 nitrogen and oxygen atoms in total. The molecule has 1 aliphatic rings. The minimum Gasteiger partial charge on any atom is -0.340 e. The Bertz CT molecular complexity index is 776. The van der Waals surface area contributed by atoms with Crippen molar-refractivity contribution in [2.45, 2.75) is 32.4 Å². The molecule has 23 heavy (non-hydrogen) atoms. The lowest BCUT2D eigenvalue weighted by Crippen LogP contribution is -2.43. The summed E-state index contributed by atoms with van der Waals surface area (Å²) in [6, 6.07) is 5.41. The van der Waals surface area contributed by atoms with Gasteiger partial charge < -0.3 is 10.2 Å². The van der Waals surface area contributed by atoms with E-state index in [0.29, 0.717) is 23.9 Å². The van der Waals surface area contributed by atoms with Gasteiger partial charge in [0.1, 0.15) is 11.9 Å². The van der Waals surface area contributed by atoms with Crippen LogP contribution in [0.15, 0.2) is 30.5 Å². The third kappa shape index (κ3) is 2.88. The van der Waals surface area contributed by atoms with Gasteiger partial charge in [0, 0.05) is 24.2 Å². The lowest BCUT2D eigenvalue weighted by Gasteiger charge is -2.21. The highest BCUT2D eigenvalue weighted by atomic mass is 19.1. The van der Waals surface area contributed by atoms with Crippen molar-refractivity contribution < 1.29 is 14.0 Å². The maximum absolute atomic E-state index is 13.7. The van der Waals surface area contributed by atoms with Gasteiger partial charge in [-0.1, -0.05) is 6.07 Å². The van der Waals surface area contributed by atoms with Crippen LogP contribution in [0.4, 0.5) is 4.39 Å². The largest absolute Gasteiger partial charge is 0.340 e. The molecule has 0 spiro atoms. The van der Waals surface area contributed by atoms with E-state index in [1.165, 1.54) is 6.07 Å². The summed E-state index contributed by atoms with van der Waals surface area (Å²) in [6.45, 7) is 4.49. The second-order valence-corrected chi connectivity index (χ2v) is 5.97. The maximum atomic E-state index is 13.7.